The summed E-state index contributed by atoms with van der Waals surface area (Å²) in [4.78, 5) is 14.1. The number of hydrogen-bond acceptors (Lipinski definition) is 3. The van der Waals surface area contributed by atoms with Gasteiger partial charge in [-0.3, -0.25) is 4.79 Å². The standard InChI is InChI=1S/C17H13F2NO3/c18-13-2-1-11(5-14(13)19)17(21)20-4-3-10-6-15-16(23-9-22-15)7-12(10)8-20/h1-2,5-7H,3-4,8-9H2. The van der Waals surface area contributed by atoms with Crippen LogP contribution in [-0.2, 0) is 13.0 Å². The Bertz CT molecular complexity index is 807. The fraction of sp³-hybridized carbons (Fsp3) is 0.235. The van der Waals surface area contributed by atoms with Gasteiger partial charge in [0.1, 0.15) is 0 Å². The maximum Gasteiger partial charge on any atom is 0.254 e. The summed E-state index contributed by atoms with van der Waals surface area (Å²) < 4.78 is 37.0. The van der Waals surface area contributed by atoms with Gasteiger partial charge in [0, 0.05) is 18.7 Å². The van der Waals surface area contributed by atoms with Crippen molar-refractivity contribution in [1.29, 1.82) is 0 Å². The summed E-state index contributed by atoms with van der Waals surface area (Å²) in [6.45, 7) is 1.13. The summed E-state index contributed by atoms with van der Waals surface area (Å²) >= 11 is 0. The second kappa shape index (κ2) is 5.22. The molecule has 0 radical (unpaired) electrons. The van der Waals surface area contributed by atoms with Crippen molar-refractivity contribution in [2.45, 2.75) is 13.0 Å². The van der Waals surface area contributed by atoms with E-state index >= 15 is 0 Å². The van der Waals surface area contributed by atoms with Crippen LogP contribution in [-0.4, -0.2) is 24.1 Å². The molecule has 0 unspecified atom stereocenters. The zero-order valence-corrected chi connectivity index (χ0v) is 12.1. The highest BCUT2D eigenvalue weighted by atomic mass is 19.2. The molecule has 0 fully saturated rings. The topological polar surface area (TPSA) is 38.8 Å². The summed E-state index contributed by atoms with van der Waals surface area (Å²) in [6.07, 6.45) is 0.682. The Kier molecular flexibility index (Phi) is 3.18. The van der Waals surface area contributed by atoms with Gasteiger partial charge in [-0.1, -0.05) is 0 Å². The van der Waals surface area contributed by atoms with Crippen LogP contribution in [0.5, 0.6) is 11.5 Å². The van der Waals surface area contributed by atoms with Crippen LogP contribution in [0.1, 0.15) is 21.5 Å². The fourth-order valence-corrected chi connectivity index (χ4v) is 2.93. The van der Waals surface area contributed by atoms with Crippen molar-refractivity contribution in [2.75, 3.05) is 13.3 Å². The minimum absolute atomic E-state index is 0.146. The van der Waals surface area contributed by atoms with Crippen LogP contribution in [0.3, 0.4) is 0 Å². The fourth-order valence-electron chi connectivity index (χ4n) is 2.93. The SMILES string of the molecule is O=C(c1ccc(F)c(F)c1)N1CCc2cc3c(cc2C1)OCO3. The molecule has 2 aromatic rings. The van der Waals surface area contributed by atoms with Crippen molar-refractivity contribution in [2.24, 2.45) is 0 Å². The Balaban J connectivity index is 1.60. The normalized spacial score (nSPS) is 15.5. The molecule has 118 valence electrons. The number of nitrogens with zero attached hydrogens (tertiary/aromatic N) is 1. The zero-order chi connectivity index (χ0) is 16.0. The molecule has 2 aliphatic rings. The number of benzene rings is 2. The number of fused-ring (bicyclic) bond motifs is 2. The van der Waals surface area contributed by atoms with Crippen molar-refractivity contribution in [3.05, 3.63) is 58.7 Å². The van der Waals surface area contributed by atoms with Crippen LogP contribution < -0.4 is 9.47 Å². The number of carbonyl (C=O) groups is 1. The lowest BCUT2D eigenvalue weighted by Gasteiger charge is -2.29. The van der Waals surface area contributed by atoms with Crippen molar-refractivity contribution >= 4 is 5.91 Å². The van der Waals surface area contributed by atoms with Crippen LogP contribution in [0, 0.1) is 11.6 Å². The van der Waals surface area contributed by atoms with Gasteiger partial charge < -0.3 is 14.4 Å². The zero-order valence-electron chi connectivity index (χ0n) is 12.1. The summed E-state index contributed by atoms with van der Waals surface area (Å²) in [5.41, 5.74) is 2.24. The van der Waals surface area contributed by atoms with Crippen LogP contribution >= 0.6 is 0 Å². The lowest BCUT2D eigenvalue weighted by Crippen LogP contribution is -2.36. The Morgan fingerprint density at radius 2 is 1.74 bits per heavy atom. The van der Waals surface area contributed by atoms with Crippen molar-refractivity contribution in [3.63, 3.8) is 0 Å². The van der Waals surface area contributed by atoms with Gasteiger partial charge >= 0.3 is 0 Å². The van der Waals surface area contributed by atoms with Gasteiger partial charge in [-0.2, -0.15) is 0 Å². The van der Waals surface area contributed by atoms with Gasteiger partial charge in [0.25, 0.3) is 5.91 Å². The quantitative estimate of drug-likeness (QED) is 0.812. The molecule has 2 aromatic carbocycles. The molecule has 0 saturated carbocycles. The van der Waals surface area contributed by atoms with Crippen LogP contribution in [0.15, 0.2) is 30.3 Å². The van der Waals surface area contributed by atoms with Gasteiger partial charge in [0.15, 0.2) is 23.1 Å². The highest BCUT2D eigenvalue weighted by Gasteiger charge is 2.25. The highest BCUT2D eigenvalue weighted by Crippen LogP contribution is 2.36. The van der Waals surface area contributed by atoms with E-state index in [2.05, 4.69) is 0 Å². The van der Waals surface area contributed by atoms with Gasteiger partial charge in [-0.25, -0.2) is 8.78 Å². The summed E-state index contributed by atoms with van der Waals surface area (Å²) in [5, 5.41) is 0. The molecule has 2 aliphatic heterocycles. The molecule has 6 heteroatoms. The molecule has 2 heterocycles. The van der Waals surface area contributed by atoms with E-state index in [0.29, 0.717) is 25.3 Å². The Morgan fingerprint density at radius 3 is 2.48 bits per heavy atom. The van der Waals surface area contributed by atoms with Crippen LogP contribution in [0.2, 0.25) is 0 Å². The Morgan fingerprint density at radius 1 is 1.00 bits per heavy atom. The lowest BCUT2D eigenvalue weighted by molar-refractivity contribution is 0.0734. The average molecular weight is 317 g/mol. The Hall–Kier alpha value is -2.63. The number of carbonyl (C=O) groups excluding carboxylic acids is 1. The molecule has 0 bridgehead atoms. The third-order valence-corrected chi connectivity index (χ3v) is 4.16. The molecule has 0 N–H and O–H groups in total. The maximum absolute atomic E-state index is 13.3. The van der Waals surface area contributed by atoms with E-state index in [1.807, 2.05) is 12.1 Å². The number of ether oxygens (including phenoxy) is 2. The highest BCUT2D eigenvalue weighted by molar-refractivity contribution is 5.94. The number of amides is 1. The summed E-state index contributed by atoms with van der Waals surface area (Å²) in [5.74, 6) is -0.892. The minimum Gasteiger partial charge on any atom is -0.454 e. The molecule has 0 spiro atoms. The largest absolute Gasteiger partial charge is 0.454 e. The van der Waals surface area contributed by atoms with E-state index in [0.717, 1.165) is 29.0 Å². The lowest BCUT2D eigenvalue weighted by atomic mass is 9.98. The molecule has 0 atom stereocenters. The van der Waals surface area contributed by atoms with E-state index in [1.165, 1.54) is 6.07 Å². The number of halogens is 2. The first kappa shape index (κ1) is 14.0. The first-order valence-corrected chi connectivity index (χ1v) is 7.27. The smallest absolute Gasteiger partial charge is 0.254 e. The molecule has 0 aliphatic carbocycles. The van der Waals surface area contributed by atoms with E-state index in [-0.39, 0.29) is 18.3 Å². The van der Waals surface area contributed by atoms with Crippen LogP contribution in [0.25, 0.3) is 0 Å². The van der Waals surface area contributed by atoms with Gasteiger partial charge in [-0.05, 0) is 47.9 Å². The van der Waals surface area contributed by atoms with Crippen molar-refractivity contribution in [1.82, 2.24) is 4.90 Å². The molecule has 0 saturated heterocycles. The first-order chi connectivity index (χ1) is 11.1. The van der Waals surface area contributed by atoms with E-state index in [4.69, 9.17) is 9.47 Å². The van der Waals surface area contributed by atoms with Gasteiger partial charge in [-0.15, -0.1) is 0 Å². The van der Waals surface area contributed by atoms with Crippen LogP contribution in [0.4, 0.5) is 8.78 Å². The Labute approximate surface area is 131 Å². The van der Waals surface area contributed by atoms with E-state index in [9.17, 15) is 13.6 Å². The predicted molar refractivity (Wildman–Crippen MR) is 77.4 cm³/mol. The monoisotopic (exact) mass is 317 g/mol. The maximum atomic E-state index is 13.3. The first-order valence-electron chi connectivity index (χ1n) is 7.27. The molecule has 4 rings (SSSR count). The molecule has 23 heavy (non-hydrogen) atoms. The number of hydrogen-bond donors (Lipinski definition) is 0. The van der Waals surface area contributed by atoms with Crippen molar-refractivity contribution < 1.29 is 23.0 Å². The van der Waals surface area contributed by atoms with E-state index in [1.54, 1.807) is 4.90 Å². The molecule has 1 amide bonds. The second-order valence-electron chi connectivity index (χ2n) is 5.58. The summed E-state index contributed by atoms with van der Waals surface area (Å²) in [7, 11) is 0. The third kappa shape index (κ3) is 2.40. The molecule has 0 aromatic heterocycles. The molecular formula is C17H13F2NO3. The predicted octanol–water partition coefficient (Wildman–Crippen LogP) is 2.89. The van der Waals surface area contributed by atoms with Gasteiger partial charge in [0.05, 0.1) is 0 Å². The van der Waals surface area contributed by atoms with E-state index < -0.39 is 11.6 Å². The molecular weight excluding hydrogens is 304 g/mol. The van der Waals surface area contributed by atoms with Gasteiger partial charge in [0.2, 0.25) is 6.79 Å². The average Bonchev–Trinajstić information content (AvgIpc) is 3.01. The second-order valence-corrected chi connectivity index (χ2v) is 5.58. The third-order valence-electron chi connectivity index (χ3n) is 4.16. The molecule has 4 nitrogen and oxygen atoms in total. The van der Waals surface area contributed by atoms with Crippen molar-refractivity contribution in [3.8, 4) is 11.5 Å². The minimum atomic E-state index is -1.02. The number of rotatable bonds is 1. The summed E-state index contributed by atoms with van der Waals surface area (Å²) in [6, 6.07) is 7.03.